The van der Waals surface area contributed by atoms with Gasteiger partial charge in [0.25, 0.3) is 0 Å². The molecule has 0 amide bonds. The number of H-pyrrole nitrogens is 2. The van der Waals surface area contributed by atoms with E-state index in [1.165, 1.54) is 0 Å². The lowest BCUT2D eigenvalue weighted by Crippen LogP contribution is -1.99. The molecule has 0 saturated heterocycles. The number of aromatic nitrogens is 4. The van der Waals surface area contributed by atoms with Gasteiger partial charge in [0.2, 0.25) is 0 Å². The third kappa shape index (κ3) is 4.45. The van der Waals surface area contributed by atoms with Gasteiger partial charge in [-0.25, -0.2) is 9.97 Å². The van der Waals surface area contributed by atoms with E-state index in [-0.39, 0.29) is 0 Å². The first kappa shape index (κ1) is 17.9. The average Bonchev–Trinajstić information content (AvgIpc) is 3.39. The highest BCUT2D eigenvalue weighted by Gasteiger charge is 2.02. The zero-order valence-electron chi connectivity index (χ0n) is 16.3. The summed E-state index contributed by atoms with van der Waals surface area (Å²) in [5.74, 6) is 0. The van der Waals surface area contributed by atoms with Gasteiger partial charge in [0.1, 0.15) is 0 Å². The van der Waals surface area contributed by atoms with Gasteiger partial charge in [-0.1, -0.05) is 0 Å². The summed E-state index contributed by atoms with van der Waals surface area (Å²) in [6.07, 6.45) is 8.05. The van der Waals surface area contributed by atoms with Gasteiger partial charge in [0.05, 0.1) is 22.8 Å². The van der Waals surface area contributed by atoms with E-state index in [1.807, 2.05) is 68.5 Å². The van der Waals surface area contributed by atoms with E-state index in [0.29, 0.717) is 0 Å². The Balaban J connectivity index is 0.000000442. The molecule has 0 unspecified atom stereocenters. The normalized spacial score (nSPS) is 12.1. The molecule has 0 atom stereocenters. The Morgan fingerprint density at radius 2 is 0.857 bits per heavy atom. The van der Waals surface area contributed by atoms with E-state index in [1.54, 1.807) is 0 Å². The highest BCUT2D eigenvalue weighted by atomic mass is 15.0. The lowest BCUT2D eigenvalue weighted by Gasteiger charge is -1.90. The Hall–Kier alpha value is -3.44. The molecule has 3 aromatic heterocycles. The number of rotatable bonds is 0. The fraction of sp³-hybridized carbons (Fsp3) is 0.130. The van der Waals surface area contributed by atoms with Crippen molar-refractivity contribution in [2.75, 3.05) is 21.1 Å². The first-order chi connectivity index (χ1) is 13.5. The van der Waals surface area contributed by atoms with Crippen LogP contribution >= 0.6 is 0 Å². The minimum absolute atomic E-state index is 0.915. The van der Waals surface area contributed by atoms with Crippen LogP contribution in [0.5, 0.6) is 0 Å². The first-order valence-corrected chi connectivity index (χ1v) is 9.19. The van der Waals surface area contributed by atoms with Gasteiger partial charge in [-0.15, -0.1) is 0 Å². The number of fused-ring (bicyclic) bond motifs is 8. The van der Waals surface area contributed by atoms with Crippen LogP contribution in [0.3, 0.4) is 0 Å². The lowest BCUT2D eigenvalue weighted by molar-refractivity contribution is 0.505. The predicted molar refractivity (Wildman–Crippen MR) is 118 cm³/mol. The van der Waals surface area contributed by atoms with Crippen LogP contribution in [-0.2, 0) is 0 Å². The van der Waals surface area contributed by atoms with Gasteiger partial charge in [0.15, 0.2) is 0 Å². The van der Waals surface area contributed by atoms with Gasteiger partial charge in [-0.2, -0.15) is 0 Å². The summed E-state index contributed by atoms with van der Waals surface area (Å²) < 4.78 is 0. The number of nitrogens with one attached hydrogen (secondary N) is 2. The maximum Gasteiger partial charge on any atom is 0.0659 e. The van der Waals surface area contributed by atoms with Crippen molar-refractivity contribution in [1.82, 2.24) is 24.8 Å². The molecule has 5 heteroatoms. The van der Waals surface area contributed by atoms with Crippen LogP contribution in [0.1, 0.15) is 22.8 Å². The van der Waals surface area contributed by atoms with Crippen LogP contribution < -0.4 is 0 Å². The third-order valence-corrected chi connectivity index (χ3v) is 4.04. The SMILES string of the molecule is C1=Cc2cc3ccc(cc4ccc(cc5nc(cc1n2)C=C5)[nH]4)[nH]3.CN(C)C. The van der Waals surface area contributed by atoms with Crippen molar-refractivity contribution in [3.05, 3.63) is 71.3 Å². The van der Waals surface area contributed by atoms with E-state index < -0.39 is 0 Å². The fourth-order valence-corrected chi connectivity index (χ4v) is 2.94. The van der Waals surface area contributed by atoms with Crippen LogP contribution in [0.25, 0.3) is 46.4 Å². The van der Waals surface area contributed by atoms with E-state index in [0.717, 1.165) is 44.8 Å². The van der Waals surface area contributed by atoms with E-state index in [4.69, 9.17) is 0 Å². The molecule has 0 aromatic carbocycles. The largest absolute Gasteiger partial charge is 0.355 e. The Bertz CT molecular complexity index is 1120. The van der Waals surface area contributed by atoms with Crippen molar-refractivity contribution < 1.29 is 0 Å². The van der Waals surface area contributed by atoms with E-state index in [2.05, 4.69) is 50.3 Å². The summed E-state index contributed by atoms with van der Waals surface area (Å²) in [7, 11) is 6.00. The first-order valence-electron chi connectivity index (χ1n) is 9.19. The molecule has 0 radical (unpaired) electrons. The zero-order valence-corrected chi connectivity index (χ0v) is 16.3. The molecule has 0 saturated carbocycles. The molecule has 8 bridgehead atoms. The second-order valence-corrected chi connectivity index (χ2v) is 7.25. The van der Waals surface area contributed by atoms with Gasteiger partial charge in [-0.05, 0) is 94.0 Å². The van der Waals surface area contributed by atoms with Crippen LogP contribution in [0.2, 0.25) is 0 Å². The van der Waals surface area contributed by atoms with Crippen LogP contribution in [0.4, 0.5) is 0 Å². The fourth-order valence-electron chi connectivity index (χ4n) is 2.94. The molecule has 28 heavy (non-hydrogen) atoms. The molecule has 140 valence electrons. The standard InChI is InChI=1S/C20H14N4.C3H9N/c1-2-14-10-16-5-6-18(23-16)12-20-8-7-19(24-20)11-17-4-3-15(22-17)9-13(1)21-14;1-4(2)3/h1-12,21-22H;1-3H3. The molecule has 2 aliphatic heterocycles. The van der Waals surface area contributed by atoms with Crippen molar-refractivity contribution in [2.24, 2.45) is 0 Å². The van der Waals surface area contributed by atoms with Gasteiger partial charge in [-0.3, -0.25) is 0 Å². The smallest absolute Gasteiger partial charge is 0.0659 e. The molecule has 2 N–H and O–H groups in total. The zero-order chi connectivity index (χ0) is 19.5. The summed E-state index contributed by atoms with van der Waals surface area (Å²) >= 11 is 0. The average molecular weight is 369 g/mol. The number of hydrogen-bond acceptors (Lipinski definition) is 3. The Labute approximate surface area is 164 Å². The monoisotopic (exact) mass is 369 g/mol. The molecular weight excluding hydrogens is 346 g/mol. The van der Waals surface area contributed by atoms with E-state index >= 15 is 0 Å². The molecule has 2 aliphatic rings. The summed E-state index contributed by atoms with van der Waals surface area (Å²) in [4.78, 5) is 18.0. The summed E-state index contributed by atoms with van der Waals surface area (Å²) in [5, 5.41) is 0. The summed E-state index contributed by atoms with van der Waals surface area (Å²) in [5.41, 5.74) is 7.86. The minimum atomic E-state index is 0.915. The molecule has 0 fully saturated rings. The van der Waals surface area contributed by atoms with Crippen LogP contribution in [0.15, 0.2) is 48.5 Å². The topological polar surface area (TPSA) is 60.6 Å². The molecule has 5 nitrogen and oxygen atoms in total. The Morgan fingerprint density at radius 1 is 0.536 bits per heavy atom. The van der Waals surface area contributed by atoms with Crippen molar-refractivity contribution in [3.8, 4) is 0 Å². The third-order valence-electron chi connectivity index (χ3n) is 4.04. The molecule has 5 rings (SSSR count). The molecule has 3 aromatic rings. The van der Waals surface area contributed by atoms with Crippen LogP contribution in [0, 0.1) is 0 Å². The Kier molecular flexibility index (Phi) is 4.91. The van der Waals surface area contributed by atoms with Crippen LogP contribution in [-0.4, -0.2) is 46.0 Å². The molecule has 0 spiro atoms. The van der Waals surface area contributed by atoms with Crippen molar-refractivity contribution in [2.45, 2.75) is 0 Å². The number of aromatic amines is 2. The minimum Gasteiger partial charge on any atom is -0.355 e. The van der Waals surface area contributed by atoms with E-state index in [9.17, 15) is 0 Å². The highest BCUT2D eigenvalue weighted by Crippen LogP contribution is 2.17. The lowest BCUT2D eigenvalue weighted by atomic mass is 10.3. The quantitative estimate of drug-likeness (QED) is 0.411. The maximum absolute atomic E-state index is 4.62. The van der Waals surface area contributed by atoms with Crippen molar-refractivity contribution in [1.29, 1.82) is 0 Å². The summed E-state index contributed by atoms with van der Waals surface area (Å²) in [6.45, 7) is 0. The summed E-state index contributed by atoms with van der Waals surface area (Å²) in [6, 6.07) is 16.4. The number of nitrogens with zero attached hydrogens (tertiary/aromatic N) is 3. The maximum atomic E-state index is 4.62. The molecule has 5 heterocycles. The van der Waals surface area contributed by atoms with Crippen molar-refractivity contribution >= 4 is 46.4 Å². The Morgan fingerprint density at radius 3 is 1.25 bits per heavy atom. The molecular formula is C23H23N5. The number of hydrogen-bond donors (Lipinski definition) is 2. The second-order valence-electron chi connectivity index (χ2n) is 7.25. The predicted octanol–water partition coefficient (Wildman–Crippen LogP) is 4.83. The highest BCUT2D eigenvalue weighted by molar-refractivity contribution is 5.77. The van der Waals surface area contributed by atoms with Gasteiger partial charge >= 0.3 is 0 Å². The molecule has 0 aliphatic carbocycles. The van der Waals surface area contributed by atoms with Gasteiger partial charge < -0.3 is 14.9 Å². The van der Waals surface area contributed by atoms with Gasteiger partial charge in [0, 0.05) is 22.1 Å². The van der Waals surface area contributed by atoms with Crippen molar-refractivity contribution in [3.63, 3.8) is 0 Å². The second kappa shape index (κ2) is 7.66.